The molecule has 25 heavy (non-hydrogen) atoms. The predicted octanol–water partition coefficient (Wildman–Crippen LogP) is 2.57. The molecule has 0 saturated carbocycles. The van der Waals surface area contributed by atoms with Gasteiger partial charge in [0.2, 0.25) is 0 Å². The van der Waals surface area contributed by atoms with Crippen molar-refractivity contribution in [3.05, 3.63) is 66.0 Å². The second-order valence-corrected chi connectivity index (χ2v) is 5.51. The lowest BCUT2D eigenvalue weighted by Crippen LogP contribution is -2.00. The average molecular weight is 328 g/mol. The number of nitrogens with zero attached hydrogens (tertiary/aromatic N) is 6. The normalized spacial score (nSPS) is 10.7. The Morgan fingerprint density at radius 1 is 1.16 bits per heavy atom. The molecule has 0 aromatic carbocycles. The van der Waals surface area contributed by atoms with Crippen LogP contribution in [0.3, 0.4) is 0 Å². The van der Waals surface area contributed by atoms with E-state index in [1.165, 1.54) is 6.20 Å². The van der Waals surface area contributed by atoms with Gasteiger partial charge in [-0.2, -0.15) is 5.26 Å². The lowest BCUT2D eigenvalue weighted by atomic mass is 10.3. The quantitative estimate of drug-likeness (QED) is 0.539. The van der Waals surface area contributed by atoms with E-state index >= 15 is 0 Å². The van der Waals surface area contributed by atoms with E-state index in [4.69, 9.17) is 0 Å². The van der Waals surface area contributed by atoms with Crippen LogP contribution in [0.25, 0.3) is 22.9 Å². The summed E-state index contributed by atoms with van der Waals surface area (Å²) in [7, 11) is 0. The number of fused-ring (bicyclic) bond motifs is 1. The SMILES string of the molecule is Cc1cccc(-c2nc(C=O)cn2-c2ccc3ncc(C#N)n3c2)n1. The molecule has 0 aliphatic rings. The van der Waals surface area contributed by atoms with Gasteiger partial charge in [0.15, 0.2) is 12.1 Å². The Bertz CT molecular complexity index is 1150. The van der Waals surface area contributed by atoms with Crippen LogP contribution in [-0.4, -0.2) is 30.2 Å². The fourth-order valence-corrected chi connectivity index (χ4v) is 2.69. The monoisotopic (exact) mass is 328 g/mol. The summed E-state index contributed by atoms with van der Waals surface area (Å²) in [5.41, 5.74) is 3.69. The van der Waals surface area contributed by atoms with Crippen LogP contribution in [0.2, 0.25) is 0 Å². The molecule has 4 aromatic heterocycles. The molecule has 0 spiro atoms. The minimum Gasteiger partial charge on any atom is -0.296 e. The number of hydrogen-bond acceptors (Lipinski definition) is 5. The van der Waals surface area contributed by atoms with Gasteiger partial charge in [0.05, 0.1) is 11.9 Å². The van der Waals surface area contributed by atoms with Crippen LogP contribution >= 0.6 is 0 Å². The minimum atomic E-state index is 0.310. The van der Waals surface area contributed by atoms with E-state index in [1.807, 2.05) is 37.3 Å². The largest absolute Gasteiger partial charge is 0.296 e. The third kappa shape index (κ3) is 2.46. The number of aryl methyl sites for hydroxylation is 1. The van der Waals surface area contributed by atoms with Crippen LogP contribution in [0, 0.1) is 18.3 Å². The van der Waals surface area contributed by atoms with E-state index in [1.54, 1.807) is 21.4 Å². The first-order chi connectivity index (χ1) is 12.2. The minimum absolute atomic E-state index is 0.310. The number of carbonyl (C=O) groups is 1. The summed E-state index contributed by atoms with van der Waals surface area (Å²) in [5.74, 6) is 0.559. The van der Waals surface area contributed by atoms with Crippen molar-refractivity contribution >= 4 is 11.9 Å². The molecule has 0 radical (unpaired) electrons. The van der Waals surface area contributed by atoms with Gasteiger partial charge in [0.1, 0.15) is 28.8 Å². The highest BCUT2D eigenvalue weighted by molar-refractivity contribution is 5.74. The molecule has 7 nitrogen and oxygen atoms in total. The second kappa shape index (κ2) is 5.69. The lowest BCUT2D eigenvalue weighted by molar-refractivity contribution is 0.111. The number of aromatic nitrogens is 5. The molecule has 4 rings (SSSR count). The van der Waals surface area contributed by atoms with Gasteiger partial charge in [-0.15, -0.1) is 0 Å². The van der Waals surface area contributed by atoms with Crippen LogP contribution in [0.1, 0.15) is 21.9 Å². The molecule has 120 valence electrons. The maximum atomic E-state index is 11.2. The van der Waals surface area contributed by atoms with E-state index in [2.05, 4.69) is 21.0 Å². The zero-order valence-electron chi connectivity index (χ0n) is 13.3. The van der Waals surface area contributed by atoms with Gasteiger partial charge in [-0.05, 0) is 31.2 Å². The predicted molar refractivity (Wildman–Crippen MR) is 90.4 cm³/mol. The van der Waals surface area contributed by atoms with E-state index < -0.39 is 0 Å². The molecule has 4 heterocycles. The fourth-order valence-electron chi connectivity index (χ4n) is 2.69. The molecule has 0 atom stereocenters. The first-order valence-electron chi connectivity index (χ1n) is 7.56. The molecule has 0 unspecified atom stereocenters. The molecule has 7 heteroatoms. The third-order valence-corrected chi connectivity index (χ3v) is 3.85. The van der Waals surface area contributed by atoms with Crippen molar-refractivity contribution in [1.82, 2.24) is 23.9 Å². The Labute approximate surface area is 142 Å². The molecule has 4 aromatic rings. The second-order valence-electron chi connectivity index (χ2n) is 5.51. The number of nitriles is 1. The zero-order chi connectivity index (χ0) is 17.4. The molecular weight excluding hydrogens is 316 g/mol. The number of aldehydes is 1. The summed E-state index contributed by atoms with van der Waals surface area (Å²) in [6, 6.07) is 11.4. The first-order valence-corrected chi connectivity index (χ1v) is 7.56. The van der Waals surface area contributed by atoms with Gasteiger partial charge in [-0.1, -0.05) is 6.07 Å². The summed E-state index contributed by atoms with van der Waals surface area (Å²) in [6.07, 6.45) is 5.66. The van der Waals surface area contributed by atoms with Gasteiger partial charge in [-0.3, -0.25) is 13.8 Å². The summed E-state index contributed by atoms with van der Waals surface area (Å²) < 4.78 is 3.48. The molecule has 0 N–H and O–H groups in total. The van der Waals surface area contributed by atoms with E-state index in [9.17, 15) is 10.1 Å². The number of imidazole rings is 2. The molecule has 0 aliphatic carbocycles. The van der Waals surface area contributed by atoms with Crippen molar-refractivity contribution in [3.8, 4) is 23.3 Å². The maximum Gasteiger partial charge on any atom is 0.170 e. The van der Waals surface area contributed by atoms with Crippen molar-refractivity contribution < 1.29 is 4.79 Å². The Kier molecular flexibility index (Phi) is 3.36. The first kappa shape index (κ1) is 14.8. The van der Waals surface area contributed by atoms with Gasteiger partial charge >= 0.3 is 0 Å². The number of hydrogen-bond donors (Lipinski definition) is 0. The Morgan fingerprint density at radius 3 is 2.80 bits per heavy atom. The smallest absolute Gasteiger partial charge is 0.170 e. The van der Waals surface area contributed by atoms with E-state index in [0.29, 0.717) is 34.8 Å². The Morgan fingerprint density at radius 2 is 2.04 bits per heavy atom. The molecule has 0 amide bonds. The van der Waals surface area contributed by atoms with Crippen LogP contribution in [0.15, 0.2) is 48.9 Å². The van der Waals surface area contributed by atoms with Crippen molar-refractivity contribution in [2.45, 2.75) is 6.92 Å². The molecule has 0 aliphatic heterocycles. The molecule has 0 fully saturated rings. The van der Waals surface area contributed by atoms with Crippen molar-refractivity contribution in [2.75, 3.05) is 0 Å². The summed E-state index contributed by atoms with van der Waals surface area (Å²) in [4.78, 5) is 24.3. The van der Waals surface area contributed by atoms with Crippen LogP contribution in [0.4, 0.5) is 0 Å². The maximum absolute atomic E-state index is 11.2. The highest BCUT2D eigenvalue weighted by Crippen LogP contribution is 2.22. The third-order valence-electron chi connectivity index (χ3n) is 3.85. The van der Waals surface area contributed by atoms with Crippen LogP contribution in [0.5, 0.6) is 0 Å². The van der Waals surface area contributed by atoms with E-state index in [-0.39, 0.29) is 0 Å². The highest BCUT2D eigenvalue weighted by atomic mass is 16.1. The summed E-state index contributed by atoms with van der Waals surface area (Å²) in [5, 5.41) is 9.20. The zero-order valence-corrected chi connectivity index (χ0v) is 13.3. The van der Waals surface area contributed by atoms with Crippen LogP contribution < -0.4 is 0 Å². The standard InChI is InChI=1S/C18H12N6O/c1-12-3-2-4-16(21-12)18-22-13(11-25)9-24(18)14-5-6-17-20-8-15(7-19)23(17)10-14/h2-6,8-11H,1H3. The molecule has 0 bridgehead atoms. The fraction of sp³-hybridized carbons (Fsp3) is 0.0556. The number of carbonyl (C=O) groups excluding carboxylic acids is 1. The van der Waals surface area contributed by atoms with Crippen molar-refractivity contribution in [1.29, 1.82) is 5.26 Å². The highest BCUT2D eigenvalue weighted by Gasteiger charge is 2.14. The number of pyridine rings is 2. The number of rotatable bonds is 3. The van der Waals surface area contributed by atoms with Gasteiger partial charge in [-0.25, -0.2) is 15.0 Å². The summed E-state index contributed by atoms with van der Waals surface area (Å²) >= 11 is 0. The van der Waals surface area contributed by atoms with Crippen molar-refractivity contribution in [2.24, 2.45) is 0 Å². The average Bonchev–Trinajstić information content (AvgIpc) is 3.25. The van der Waals surface area contributed by atoms with Crippen molar-refractivity contribution in [3.63, 3.8) is 0 Å². The van der Waals surface area contributed by atoms with E-state index in [0.717, 1.165) is 11.4 Å². The lowest BCUT2D eigenvalue weighted by Gasteiger charge is -2.08. The molecule has 0 saturated heterocycles. The van der Waals surface area contributed by atoms with Gasteiger partial charge in [0, 0.05) is 18.1 Å². The Hall–Kier alpha value is -3.79. The molecular formula is C18H12N6O. The topological polar surface area (TPSA) is 88.9 Å². The van der Waals surface area contributed by atoms with Gasteiger partial charge in [0.25, 0.3) is 0 Å². The van der Waals surface area contributed by atoms with Crippen LogP contribution in [-0.2, 0) is 0 Å². The summed E-state index contributed by atoms with van der Waals surface area (Å²) in [6.45, 7) is 1.90. The Balaban J connectivity index is 1.95. The van der Waals surface area contributed by atoms with Gasteiger partial charge < -0.3 is 0 Å².